The van der Waals surface area contributed by atoms with Crippen LogP contribution < -0.4 is 16.0 Å². The molecule has 2 aliphatic rings. The lowest BCUT2D eigenvalue weighted by molar-refractivity contribution is -0.121. The van der Waals surface area contributed by atoms with Crippen molar-refractivity contribution in [3.05, 3.63) is 0 Å². The molecule has 10 heteroatoms. The van der Waals surface area contributed by atoms with Crippen molar-refractivity contribution in [2.24, 2.45) is 0 Å². The number of carbonyl (C=O) groups excluding carboxylic acids is 3. The third-order valence-electron chi connectivity index (χ3n) is 4.99. The number of hydrogen-bond donors (Lipinski definition) is 3. The highest BCUT2D eigenvalue weighted by atomic mass is 32.2. The first-order valence-electron chi connectivity index (χ1n) is 10.7. The minimum atomic E-state index is -0.0568. The van der Waals surface area contributed by atoms with Gasteiger partial charge in [-0.25, -0.2) is 4.79 Å². The number of Topliss-reactive ketones (excluding diaryl/α,β-unsaturated/α-hetero) is 1. The zero-order valence-corrected chi connectivity index (χ0v) is 18.6. The van der Waals surface area contributed by atoms with Gasteiger partial charge in [0.05, 0.1) is 51.7 Å². The number of rotatable bonds is 17. The standard InChI is InChI=1S/C20H35N3O6S/c1-15(24)6-8-27-10-12-29-13-11-28-9-7-21-18(25)5-3-2-4-17-19-16(14-30-17)22-20(26)23-19/h16-17,19H,2-14H2,1H3,(H,21,25)(H2,22,23,26). The molecule has 2 rings (SSSR count). The van der Waals surface area contributed by atoms with Crippen LogP contribution in [0.3, 0.4) is 0 Å². The number of nitrogens with one attached hydrogen (secondary N) is 3. The van der Waals surface area contributed by atoms with Gasteiger partial charge in [0.25, 0.3) is 0 Å². The van der Waals surface area contributed by atoms with E-state index in [0.29, 0.717) is 64.3 Å². The van der Waals surface area contributed by atoms with E-state index in [1.807, 2.05) is 11.8 Å². The first-order valence-corrected chi connectivity index (χ1v) is 11.8. The normalized spacial score (nSPS) is 22.4. The Morgan fingerprint density at radius 3 is 2.43 bits per heavy atom. The van der Waals surface area contributed by atoms with E-state index in [1.165, 1.54) is 0 Å². The molecule has 172 valence electrons. The zero-order chi connectivity index (χ0) is 21.6. The summed E-state index contributed by atoms with van der Waals surface area (Å²) in [6.45, 7) is 4.81. The van der Waals surface area contributed by atoms with Gasteiger partial charge in [0.15, 0.2) is 0 Å². The van der Waals surface area contributed by atoms with Crippen LogP contribution in [0.4, 0.5) is 4.79 Å². The Morgan fingerprint density at radius 1 is 1.00 bits per heavy atom. The number of ether oxygens (including phenoxy) is 3. The van der Waals surface area contributed by atoms with Crippen molar-refractivity contribution in [3.8, 4) is 0 Å². The first-order chi connectivity index (χ1) is 14.6. The molecule has 3 N–H and O–H groups in total. The highest BCUT2D eigenvalue weighted by Gasteiger charge is 2.42. The van der Waals surface area contributed by atoms with Crippen molar-refractivity contribution < 1.29 is 28.6 Å². The minimum absolute atomic E-state index is 0.0466. The summed E-state index contributed by atoms with van der Waals surface area (Å²) in [4.78, 5) is 34.0. The summed E-state index contributed by atoms with van der Waals surface area (Å²) in [6, 6.07) is 0.433. The summed E-state index contributed by atoms with van der Waals surface area (Å²) in [6.07, 6.45) is 3.81. The number of fused-ring (bicyclic) bond motifs is 1. The van der Waals surface area contributed by atoms with E-state index >= 15 is 0 Å². The molecule has 2 aliphatic heterocycles. The predicted molar refractivity (Wildman–Crippen MR) is 115 cm³/mol. The van der Waals surface area contributed by atoms with Crippen LogP contribution >= 0.6 is 11.8 Å². The molecule has 0 bridgehead atoms. The maximum Gasteiger partial charge on any atom is 0.315 e. The van der Waals surface area contributed by atoms with Crippen molar-refractivity contribution in [1.29, 1.82) is 0 Å². The molecule has 3 unspecified atom stereocenters. The summed E-state index contributed by atoms with van der Waals surface area (Å²) in [5.74, 6) is 1.13. The summed E-state index contributed by atoms with van der Waals surface area (Å²) < 4.78 is 16.0. The van der Waals surface area contributed by atoms with Crippen LogP contribution in [-0.2, 0) is 23.8 Å². The number of amides is 3. The highest BCUT2D eigenvalue weighted by Crippen LogP contribution is 2.33. The third kappa shape index (κ3) is 10.1. The van der Waals surface area contributed by atoms with E-state index in [1.54, 1.807) is 6.92 Å². The van der Waals surface area contributed by atoms with E-state index in [0.717, 1.165) is 25.0 Å². The topological polar surface area (TPSA) is 115 Å². The lowest BCUT2D eigenvalue weighted by Gasteiger charge is -2.16. The number of hydrogen-bond acceptors (Lipinski definition) is 7. The van der Waals surface area contributed by atoms with Crippen molar-refractivity contribution in [3.63, 3.8) is 0 Å². The molecule has 2 fully saturated rings. The van der Waals surface area contributed by atoms with Crippen LogP contribution in [0.2, 0.25) is 0 Å². The second-order valence-electron chi connectivity index (χ2n) is 7.51. The van der Waals surface area contributed by atoms with Crippen LogP contribution in [0.5, 0.6) is 0 Å². The van der Waals surface area contributed by atoms with Crippen LogP contribution in [0.1, 0.15) is 39.0 Å². The fourth-order valence-corrected chi connectivity index (χ4v) is 4.93. The van der Waals surface area contributed by atoms with E-state index in [-0.39, 0.29) is 29.8 Å². The van der Waals surface area contributed by atoms with Crippen molar-refractivity contribution in [1.82, 2.24) is 16.0 Å². The summed E-state index contributed by atoms with van der Waals surface area (Å²) in [5, 5.41) is 9.24. The van der Waals surface area contributed by atoms with Crippen molar-refractivity contribution >= 4 is 29.5 Å². The fraction of sp³-hybridized carbons (Fsp3) is 0.850. The van der Waals surface area contributed by atoms with Crippen LogP contribution in [0.15, 0.2) is 0 Å². The Bertz CT molecular complexity index is 551. The molecule has 30 heavy (non-hydrogen) atoms. The molecule has 0 spiro atoms. The summed E-state index contributed by atoms with van der Waals surface area (Å²) >= 11 is 1.90. The molecule has 3 atom stereocenters. The minimum Gasteiger partial charge on any atom is -0.379 e. The van der Waals surface area contributed by atoms with Gasteiger partial charge in [-0.3, -0.25) is 9.59 Å². The summed E-state index contributed by atoms with van der Waals surface area (Å²) in [7, 11) is 0. The smallest absolute Gasteiger partial charge is 0.315 e. The second-order valence-corrected chi connectivity index (χ2v) is 8.78. The Balaban J connectivity index is 1.32. The molecular formula is C20H35N3O6S. The van der Waals surface area contributed by atoms with Crippen LogP contribution in [0.25, 0.3) is 0 Å². The van der Waals surface area contributed by atoms with E-state index in [2.05, 4.69) is 16.0 Å². The van der Waals surface area contributed by atoms with Gasteiger partial charge >= 0.3 is 6.03 Å². The maximum absolute atomic E-state index is 11.9. The average Bonchev–Trinajstić information content (AvgIpc) is 3.25. The van der Waals surface area contributed by atoms with Crippen molar-refractivity contribution in [2.45, 2.75) is 56.4 Å². The quantitative estimate of drug-likeness (QED) is 0.225. The molecule has 9 nitrogen and oxygen atoms in total. The Morgan fingerprint density at radius 2 is 1.70 bits per heavy atom. The zero-order valence-electron chi connectivity index (χ0n) is 17.8. The van der Waals surface area contributed by atoms with Gasteiger partial charge in [-0.05, 0) is 19.8 Å². The molecule has 3 amide bonds. The number of unbranched alkanes of at least 4 members (excludes halogenated alkanes) is 1. The average molecular weight is 446 g/mol. The second kappa shape index (κ2) is 14.6. The highest BCUT2D eigenvalue weighted by molar-refractivity contribution is 8.00. The number of ketones is 1. The molecule has 0 aromatic rings. The van der Waals surface area contributed by atoms with Crippen molar-refractivity contribution in [2.75, 3.05) is 51.9 Å². The Kier molecular flexibility index (Phi) is 12.1. The van der Waals surface area contributed by atoms with Gasteiger partial charge in [-0.2, -0.15) is 11.8 Å². The molecule has 0 aromatic carbocycles. The fourth-order valence-electron chi connectivity index (χ4n) is 3.38. The lowest BCUT2D eigenvalue weighted by atomic mass is 10.0. The molecule has 2 saturated heterocycles. The molecular weight excluding hydrogens is 410 g/mol. The maximum atomic E-state index is 11.9. The third-order valence-corrected chi connectivity index (χ3v) is 6.50. The van der Waals surface area contributed by atoms with Gasteiger partial charge in [0, 0.05) is 30.4 Å². The summed E-state index contributed by atoms with van der Waals surface area (Å²) in [5.41, 5.74) is 0. The number of carbonyl (C=O) groups is 3. The molecule has 2 heterocycles. The van der Waals surface area contributed by atoms with E-state index < -0.39 is 0 Å². The van der Waals surface area contributed by atoms with Gasteiger partial charge in [0.1, 0.15) is 5.78 Å². The SMILES string of the molecule is CC(=O)CCOCCOCCOCCNC(=O)CCCCC1SCC2NC(=O)NC21. The van der Waals surface area contributed by atoms with E-state index in [4.69, 9.17) is 14.2 Å². The van der Waals surface area contributed by atoms with Gasteiger partial charge in [0.2, 0.25) is 5.91 Å². The lowest BCUT2D eigenvalue weighted by Crippen LogP contribution is -2.36. The largest absolute Gasteiger partial charge is 0.379 e. The molecule has 0 saturated carbocycles. The van der Waals surface area contributed by atoms with Gasteiger partial charge < -0.3 is 30.2 Å². The molecule has 0 aliphatic carbocycles. The van der Waals surface area contributed by atoms with Crippen LogP contribution in [0, 0.1) is 0 Å². The number of thioether (sulfide) groups is 1. The monoisotopic (exact) mass is 445 g/mol. The van der Waals surface area contributed by atoms with Gasteiger partial charge in [-0.15, -0.1) is 0 Å². The first kappa shape index (κ1) is 24.9. The molecule has 0 aromatic heterocycles. The Labute approximate surface area is 182 Å². The number of urea groups is 1. The van der Waals surface area contributed by atoms with E-state index in [9.17, 15) is 14.4 Å². The van der Waals surface area contributed by atoms with Crippen LogP contribution in [-0.4, -0.2) is 87.0 Å². The van der Waals surface area contributed by atoms with Gasteiger partial charge in [-0.1, -0.05) is 6.42 Å². The Hall–Kier alpha value is -1.36. The molecule has 0 radical (unpaired) electrons. The predicted octanol–water partition coefficient (Wildman–Crippen LogP) is 0.857.